The maximum Gasteiger partial charge on any atom is 0.407 e. The number of amides is 3. The van der Waals surface area contributed by atoms with Crippen molar-refractivity contribution in [3.05, 3.63) is 0 Å². The van der Waals surface area contributed by atoms with E-state index in [9.17, 15) is 14.4 Å². The van der Waals surface area contributed by atoms with Gasteiger partial charge in [0.25, 0.3) is 5.24 Å². The topological polar surface area (TPSA) is 124 Å². The summed E-state index contributed by atoms with van der Waals surface area (Å²) >= 11 is 1.03. The highest BCUT2D eigenvalue weighted by Gasteiger charge is 2.19. The van der Waals surface area contributed by atoms with Crippen LogP contribution < -0.4 is 16.0 Å². The molecule has 0 fully saturated rings. The Labute approximate surface area is 361 Å². The summed E-state index contributed by atoms with van der Waals surface area (Å²) in [6.45, 7) is 7.79. The minimum Gasteiger partial charge on any atom is -0.446 e. The zero-order valence-electron chi connectivity index (χ0n) is 38.1. The van der Waals surface area contributed by atoms with Gasteiger partial charge in [-0.3, -0.25) is 4.79 Å². The number of rotatable bonds is 45. The van der Waals surface area contributed by atoms with E-state index in [1.54, 1.807) is 7.11 Å². The van der Waals surface area contributed by atoms with Gasteiger partial charge in [-0.05, 0) is 25.7 Å². The van der Waals surface area contributed by atoms with E-state index in [0.717, 1.165) is 50.3 Å². The van der Waals surface area contributed by atoms with Crippen molar-refractivity contribution in [3.63, 3.8) is 0 Å². The van der Waals surface area contributed by atoms with Crippen LogP contribution in [0.15, 0.2) is 0 Å². The highest BCUT2D eigenvalue weighted by atomic mass is 32.2. The van der Waals surface area contributed by atoms with Gasteiger partial charge in [0.15, 0.2) is 0 Å². The Morgan fingerprint density at radius 1 is 0.448 bits per heavy atom. The fraction of sp³-hybridized carbons (Fsp3) is 0.936. The van der Waals surface area contributed by atoms with Crippen molar-refractivity contribution >= 4 is 29.2 Å². The maximum absolute atomic E-state index is 12.7. The van der Waals surface area contributed by atoms with Crippen LogP contribution in [0, 0.1) is 0 Å². The Bertz CT molecular complexity index is 885. The molecule has 0 rings (SSSR count). The molecule has 3 amide bonds. The molecule has 0 radical (unpaired) electrons. The van der Waals surface area contributed by atoms with Crippen LogP contribution in [0.2, 0.25) is 0 Å². The zero-order chi connectivity index (χ0) is 42.3. The second-order valence-electron chi connectivity index (χ2n) is 16.2. The molecule has 0 aromatic rings. The summed E-state index contributed by atoms with van der Waals surface area (Å²) in [7, 11) is 1.64. The maximum atomic E-state index is 12.7. The first-order chi connectivity index (χ1) is 28.5. The lowest BCUT2D eigenvalue weighted by Gasteiger charge is -2.18. The van der Waals surface area contributed by atoms with Gasteiger partial charge in [-0.25, -0.2) is 9.59 Å². The van der Waals surface area contributed by atoms with Crippen LogP contribution >= 0.6 is 11.8 Å². The molecule has 0 aliphatic heterocycles. The second-order valence-corrected chi connectivity index (χ2v) is 17.2. The molecule has 0 aromatic carbocycles. The third kappa shape index (κ3) is 45.4. The van der Waals surface area contributed by atoms with Crippen LogP contribution in [0.4, 0.5) is 14.4 Å². The predicted octanol–water partition coefficient (Wildman–Crippen LogP) is 13.4. The Hall–Kier alpha value is -1.72. The second kappa shape index (κ2) is 48.0. The lowest BCUT2D eigenvalue weighted by molar-refractivity contribution is 0.0553. The molecule has 1 unspecified atom stereocenters. The molecule has 11 heteroatoms. The molecule has 58 heavy (non-hydrogen) atoms. The van der Waals surface area contributed by atoms with Gasteiger partial charge >= 0.3 is 12.2 Å². The Morgan fingerprint density at radius 2 is 0.828 bits per heavy atom. The molecule has 1 atom stereocenters. The average molecular weight is 844 g/mol. The average Bonchev–Trinajstić information content (AvgIpc) is 3.22. The molecule has 0 bridgehead atoms. The normalized spacial score (nSPS) is 11.7. The molecular formula is C47H93N3O7S. The summed E-state index contributed by atoms with van der Waals surface area (Å²) in [6, 6.07) is 0. The predicted molar refractivity (Wildman–Crippen MR) is 245 cm³/mol. The fourth-order valence-electron chi connectivity index (χ4n) is 6.89. The molecule has 0 saturated carbocycles. The van der Waals surface area contributed by atoms with E-state index >= 15 is 0 Å². The van der Waals surface area contributed by atoms with Crippen molar-refractivity contribution in [1.82, 2.24) is 16.0 Å². The third-order valence-corrected chi connectivity index (χ3v) is 11.5. The molecule has 0 saturated heterocycles. The van der Waals surface area contributed by atoms with E-state index in [2.05, 4.69) is 29.8 Å². The Kier molecular flexibility index (Phi) is 46.5. The lowest BCUT2D eigenvalue weighted by atomic mass is 10.0. The summed E-state index contributed by atoms with van der Waals surface area (Å²) in [4.78, 5) is 37.6. The van der Waals surface area contributed by atoms with Gasteiger partial charge in [-0.15, -0.1) is 0 Å². The fourth-order valence-corrected chi connectivity index (χ4v) is 7.59. The third-order valence-electron chi connectivity index (χ3n) is 10.6. The van der Waals surface area contributed by atoms with Crippen LogP contribution in [0.25, 0.3) is 0 Å². The molecule has 0 aromatic heterocycles. The van der Waals surface area contributed by atoms with Crippen molar-refractivity contribution in [2.45, 2.75) is 225 Å². The smallest absolute Gasteiger partial charge is 0.407 e. The number of hydrogen-bond acceptors (Lipinski definition) is 8. The minimum absolute atomic E-state index is 0.115. The number of ether oxygens (including phenoxy) is 4. The highest BCUT2D eigenvalue weighted by Crippen LogP contribution is 2.15. The van der Waals surface area contributed by atoms with Crippen molar-refractivity contribution < 1.29 is 33.3 Å². The standard InChI is InChI=1S/C47H93N3O7S/c1-4-6-8-10-12-14-16-18-20-21-23-25-27-29-31-33-37-49-46(52)57-44(43-58-47(53)50-38-34-35-39-55-41-40-54-3)42-56-45(51)48-36-32-30-28-26-24-22-19-17-15-13-11-9-7-5-2/h44H,4-43H2,1-3H3,(H,48,51)(H,49,52)(H,50,53). The SMILES string of the molecule is CCCCCCCCCCCCCCCCCCNC(=O)OC(COC(=O)NCCCCCCCCCCCCCCCC)CSC(=O)NCCCCOCCOC. The van der Waals surface area contributed by atoms with E-state index < -0.39 is 18.3 Å². The molecule has 3 N–H and O–H groups in total. The van der Waals surface area contributed by atoms with E-state index in [4.69, 9.17) is 18.9 Å². The van der Waals surface area contributed by atoms with Crippen LogP contribution in [0.3, 0.4) is 0 Å². The lowest BCUT2D eigenvalue weighted by Crippen LogP contribution is -2.36. The van der Waals surface area contributed by atoms with Gasteiger partial charge < -0.3 is 34.9 Å². The summed E-state index contributed by atoms with van der Waals surface area (Å²) < 4.78 is 21.5. The number of thioether (sulfide) groups is 1. The van der Waals surface area contributed by atoms with Gasteiger partial charge in [-0.1, -0.05) is 205 Å². The molecule has 0 aliphatic carbocycles. The number of methoxy groups -OCH3 is 1. The van der Waals surface area contributed by atoms with Crippen LogP contribution in [-0.4, -0.2) is 82.5 Å². The number of hydrogen-bond donors (Lipinski definition) is 3. The van der Waals surface area contributed by atoms with Crippen molar-refractivity contribution in [3.8, 4) is 0 Å². The highest BCUT2D eigenvalue weighted by molar-refractivity contribution is 8.13. The van der Waals surface area contributed by atoms with Gasteiger partial charge in [0.2, 0.25) is 0 Å². The van der Waals surface area contributed by atoms with Crippen molar-refractivity contribution in [2.75, 3.05) is 58.9 Å². The van der Waals surface area contributed by atoms with Crippen molar-refractivity contribution in [2.24, 2.45) is 0 Å². The Morgan fingerprint density at radius 3 is 1.26 bits per heavy atom. The number of unbranched alkanes of at least 4 members (excludes halogenated alkanes) is 29. The van der Waals surface area contributed by atoms with Gasteiger partial charge in [0.05, 0.1) is 13.2 Å². The Balaban J connectivity index is 4.22. The van der Waals surface area contributed by atoms with Crippen LogP contribution in [-0.2, 0) is 18.9 Å². The quantitative estimate of drug-likeness (QED) is 0.0518. The van der Waals surface area contributed by atoms with Crippen LogP contribution in [0.1, 0.15) is 219 Å². The number of carbonyl (C=O) groups is 3. The summed E-state index contributed by atoms with van der Waals surface area (Å²) in [5.41, 5.74) is 0. The van der Waals surface area contributed by atoms with Gasteiger partial charge in [-0.2, -0.15) is 0 Å². The monoisotopic (exact) mass is 844 g/mol. The van der Waals surface area contributed by atoms with Gasteiger partial charge in [0.1, 0.15) is 12.7 Å². The zero-order valence-corrected chi connectivity index (χ0v) is 38.9. The van der Waals surface area contributed by atoms with Crippen LogP contribution in [0.5, 0.6) is 0 Å². The van der Waals surface area contributed by atoms with Crippen molar-refractivity contribution in [1.29, 1.82) is 0 Å². The molecule has 0 heterocycles. The number of alkyl carbamates (subject to hydrolysis) is 2. The van der Waals surface area contributed by atoms with E-state index in [1.807, 2.05) is 0 Å². The van der Waals surface area contributed by atoms with E-state index in [0.29, 0.717) is 39.5 Å². The molecular weight excluding hydrogens is 751 g/mol. The summed E-state index contributed by atoms with van der Waals surface area (Å²) in [5, 5.41) is 8.34. The molecule has 0 spiro atoms. The number of nitrogens with one attached hydrogen (secondary N) is 3. The largest absolute Gasteiger partial charge is 0.446 e. The molecule has 0 aliphatic rings. The van der Waals surface area contributed by atoms with E-state index in [1.165, 1.54) is 167 Å². The molecule has 10 nitrogen and oxygen atoms in total. The summed E-state index contributed by atoms with van der Waals surface area (Å²) in [5.74, 6) is 0.185. The summed E-state index contributed by atoms with van der Waals surface area (Å²) in [6.07, 6.45) is 38.6. The molecule has 344 valence electrons. The minimum atomic E-state index is -0.748. The number of carbonyl (C=O) groups excluding carboxylic acids is 3. The van der Waals surface area contributed by atoms with Gasteiger partial charge in [0, 0.05) is 39.1 Å². The first kappa shape index (κ1) is 56.3. The van der Waals surface area contributed by atoms with E-state index in [-0.39, 0.29) is 17.6 Å². The first-order valence-electron chi connectivity index (χ1n) is 24.4. The first-order valence-corrected chi connectivity index (χ1v) is 25.3.